The molecular weight excluding hydrogens is 148 g/mol. The van der Waals surface area contributed by atoms with Gasteiger partial charge in [0.1, 0.15) is 0 Å². The van der Waals surface area contributed by atoms with Gasteiger partial charge in [0, 0.05) is 0 Å². The first kappa shape index (κ1) is 11.2. The molecule has 0 saturated carbocycles. The maximum Gasteiger partial charge on any atom is 0.0530 e. The quantitative estimate of drug-likeness (QED) is 0.524. The van der Waals surface area contributed by atoms with Gasteiger partial charge in [-0.05, 0) is 0 Å². The predicted molar refractivity (Wildman–Crippen MR) is 56.9 cm³/mol. The highest BCUT2D eigenvalue weighted by Gasteiger charge is 2.25. The van der Waals surface area contributed by atoms with Gasteiger partial charge in [0.25, 0.3) is 0 Å². The predicted octanol–water partition coefficient (Wildman–Crippen LogP) is 4.30. The van der Waals surface area contributed by atoms with E-state index in [9.17, 15) is 0 Å². The summed E-state index contributed by atoms with van der Waals surface area (Å²) in [5, 5.41) is 0. The molecule has 0 heterocycles. The summed E-state index contributed by atoms with van der Waals surface area (Å²) in [6.45, 7) is 9.48. The van der Waals surface area contributed by atoms with Crippen molar-refractivity contribution in [2.45, 2.75) is 64.7 Å². The minimum absolute atomic E-state index is 0.743. The molecule has 0 atom stereocenters. The van der Waals surface area contributed by atoms with Crippen LogP contribution in [-0.2, 0) is 0 Å². The number of hydrogen-bond acceptors (Lipinski definition) is 0. The lowest BCUT2D eigenvalue weighted by atomic mass is 10.6. The molecule has 0 amide bonds. The minimum Gasteiger partial charge on any atom is -0.0678 e. The van der Waals surface area contributed by atoms with Crippen LogP contribution in [0.3, 0.4) is 0 Å². The smallest absolute Gasteiger partial charge is 0.0530 e. The van der Waals surface area contributed by atoms with E-state index in [-0.39, 0.29) is 0 Å². The van der Waals surface area contributed by atoms with Gasteiger partial charge in [-0.3, -0.25) is 0 Å². The van der Waals surface area contributed by atoms with Gasteiger partial charge in [0.05, 0.1) is 8.07 Å². The molecular formula is C10H24Si. The molecule has 0 aliphatic carbocycles. The normalized spacial score (nSPS) is 12.0. The van der Waals surface area contributed by atoms with Crippen molar-refractivity contribution < 1.29 is 0 Å². The van der Waals surface area contributed by atoms with Crippen LogP contribution >= 0.6 is 0 Å². The molecule has 68 valence electrons. The highest BCUT2D eigenvalue weighted by atomic mass is 28.3. The van der Waals surface area contributed by atoms with E-state index in [1.54, 1.807) is 12.1 Å². The summed E-state index contributed by atoms with van der Waals surface area (Å²) in [5.41, 5.74) is 0. The van der Waals surface area contributed by atoms with Crippen molar-refractivity contribution in [3.05, 3.63) is 0 Å². The van der Waals surface area contributed by atoms with E-state index in [1.165, 1.54) is 24.9 Å². The van der Waals surface area contributed by atoms with E-state index in [0.29, 0.717) is 0 Å². The summed E-state index contributed by atoms with van der Waals surface area (Å²) in [7, 11) is -0.743. The summed E-state index contributed by atoms with van der Waals surface area (Å²) in [6, 6.07) is 6.14. The van der Waals surface area contributed by atoms with Gasteiger partial charge in [0.15, 0.2) is 0 Å². The van der Waals surface area contributed by atoms with E-state index < -0.39 is 8.07 Å². The second kappa shape index (κ2) is 5.82. The van der Waals surface area contributed by atoms with E-state index in [4.69, 9.17) is 0 Å². The average molecular weight is 172 g/mol. The summed E-state index contributed by atoms with van der Waals surface area (Å²) >= 11 is 0. The second-order valence-electron chi connectivity index (χ2n) is 3.71. The maximum absolute atomic E-state index is 2.40. The van der Waals surface area contributed by atoms with Crippen molar-refractivity contribution in [1.29, 1.82) is 0 Å². The van der Waals surface area contributed by atoms with E-state index in [1.807, 2.05) is 0 Å². The summed E-state index contributed by atoms with van der Waals surface area (Å²) in [5.74, 6) is 0. The molecule has 0 aliphatic rings. The molecule has 0 aliphatic heterocycles. The van der Waals surface area contributed by atoms with Crippen LogP contribution < -0.4 is 0 Å². The number of rotatable bonds is 6. The highest BCUT2D eigenvalue weighted by Crippen LogP contribution is 2.27. The van der Waals surface area contributed by atoms with Crippen LogP contribution in [0.25, 0.3) is 0 Å². The minimum atomic E-state index is -0.743. The highest BCUT2D eigenvalue weighted by molar-refractivity contribution is 6.79. The second-order valence-corrected chi connectivity index (χ2v) is 9.12. The van der Waals surface area contributed by atoms with Crippen LogP contribution in [0.15, 0.2) is 0 Å². The Hall–Kier alpha value is 0.217. The van der Waals surface area contributed by atoms with E-state index in [0.717, 1.165) is 0 Å². The lowest BCUT2D eigenvalue weighted by molar-refractivity contribution is 0.943. The molecule has 0 spiro atoms. The standard InChI is InChI=1S/C10H24Si/c1-5-9-11(7-3,8-4)10-6-2/h5-10H2,1-4H3. The third kappa shape index (κ3) is 3.41. The van der Waals surface area contributed by atoms with Crippen LogP contribution in [0.4, 0.5) is 0 Å². The van der Waals surface area contributed by atoms with Crippen molar-refractivity contribution >= 4 is 8.07 Å². The first-order chi connectivity index (χ1) is 5.24. The zero-order valence-electron chi connectivity index (χ0n) is 8.74. The van der Waals surface area contributed by atoms with Crippen molar-refractivity contribution in [3.8, 4) is 0 Å². The monoisotopic (exact) mass is 172 g/mol. The van der Waals surface area contributed by atoms with Crippen molar-refractivity contribution in [1.82, 2.24) is 0 Å². The molecule has 0 N–H and O–H groups in total. The summed E-state index contributed by atoms with van der Waals surface area (Å²) < 4.78 is 0. The van der Waals surface area contributed by atoms with Crippen LogP contribution in [0.1, 0.15) is 40.5 Å². The summed E-state index contributed by atoms with van der Waals surface area (Å²) in [4.78, 5) is 0. The Kier molecular flexibility index (Phi) is 5.93. The lowest BCUT2D eigenvalue weighted by Crippen LogP contribution is -2.31. The Bertz CT molecular complexity index is 76.9. The zero-order chi connectivity index (χ0) is 8.74. The fourth-order valence-corrected chi connectivity index (χ4v) is 6.43. The van der Waals surface area contributed by atoms with Gasteiger partial charge in [-0.2, -0.15) is 0 Å². The molecule has 0 aromatic heterocycles. The molecule has 0 unspecified atom stereocenters. The van der Waals surface area contributed by atoms with Crippen LogP contribution in [0.5, 0.6) is 0 Å². The fourth-order valence-electron chi connectivity index (χ4n) is 2.14. The molecule has 0 rings (SSSR count). The first-order valence-electron chi connectivity index (χ1n) is 5.24. The van der Waals surface area contributed by atoms with Crippen LogP contribution in [-0.4, -0.2) is 8.07 Å². The summed E-state index contributed by atoms with van der Waals surface area (Å²) in [6.07, 6.45) is 2.82. The molecule has 0 nitrogen and oxygen atoms in total. The van der Waals surface area contributed by atoms with Gasteiger partial charge >= 0.3 is 0 Å². The van der Waals surface area contributed by atoms with Crippen LogP contribution in [0, 0.1) is 0 Å². The Morgan fingerprint density at radius 3 is 1.27 bits per heavy atom. The van der Waals surface area contributed by atoms with Crippen LogP contribution in [0.2, 0.25) is 24.2 Å². The molecule has 1 heteroatoms. The zero-order valence-corrected chi connectivity index (χ0v) is 9.74. The lowest BCUT2D eigenvalue weighted by Gasteiger charge is -2.28. The molecule has 0 saturated heterocycles. The largest absolute Gasteiger partial charge is 0.0678 e. The molecule has 0 bridgehead atoms. The molecule has 0 aromatic carbocycles. The Labute approximate surface area is 73.4 Å². The van der Waals surface area contributed by atoms with Gasteiger partial charge in [-0.25, -0.2) is 0 Å². The molecule has 0 aromatic rings. The number of hydrogen-bond donors (Lipinski definition) is 0. The molecule has 0 radical (unpaired) electrons. The third-order valence-electron chi connectivity index (χ3n) is 3.06. The Morgan fingerprint density at radius 1 is 0.727 bits per heavy atom. The fraction of sp³-hybridized carbons (Fsp3) is 1.00. The van der Waals surface area contributed by atoms with Gasteiger partial charge in [-0.15, -0.1) is 0 Å². The molecule has 11 heavy (non-hydrogen) atoms. The Morgan fingerprint density at radius 2 is 1.09 bits per heavy atom. The van der Waals surface area contributed by atoms with Crippen molar-refractivity contribution in [2.24, 2.45) is 0 Å². The van der Waals surface area contributed by atoms with E-state index in [2.05, 4.69) is 27.7 Å². The van der Waals surface area contributed by atoms with Gasteiger partial charge < -0.3 is 0 Å². The van der Waals surface area contributed by atoms with Gasteiger partial charge in [0.2, 0.25) is 0 Å². The third-order valence-corrected chi connectivity index (χ3v) is 9.18. The Balaban J connectivity index is 3.96. The van der Waals surface area contributed by atoms with E-state index >= 15 is 0 Å². The molecule has 0 fully saturated rings. The van der Waals surface area contributed by atoms with Crippen molar-refractivity contribution in [2.75, 3.05) is 0 Å². The van der Waals surface area contributed by atoms with Crippen molar-refractivity contribution in [3.63, 3.8) is 0 Å². The van der Waals surface area contributed by atoms with Gasteiger partial charge in [-0.1, -0.05) is 64.7 Å². The maximum atomic E-state index is 2.40. The topological polar surface area (TPSA) is 0 Å². The SMILES string of the molecule is CCC[Si](CC)(CC)CCC. The first-order valence-corrected chi connectivity index (χ1v) is 8.07. The average Bonchev–Trinajstić information content (AvgIpc) is 2.04.